The zero-order valence-electron chi connectivity index (χ0n) is 19.8. The van der Waals surface area contributed by atoms with E-state index in [1.54, 1.807) is 12.4 Å². The van der Waals surface area contributed by atoms with Gasteiger partial charge in [0.25, 0.3) is 5.91 Å². The van der Waals surface area contributed by atoms with Crippen molar-refractivity contribution in [3.63, 3.8) is 0 Å². The quantitative estimate of drug-likeness (QED) is 0.534. The number of hydrogen-bond acceptors (Lipinski definition) is 4. The Hall–Kier alpha value is -2.76. The van der Waals surface area contributed by atoms with Crippen LogP contribution in [0.2, 0.25) is 0 Å². The second kappa shape index (κ2) is 9.39. The molecule has 6 heteroatoms. The average molecular weight is 437 g/mol. The predicted octanol–water partition coefficient (Wildman–Crippen LogP) is 4.52. The number of carbonyl (C=O) groups is 1. The molecule has 2 fully saturated rings. The number of nitrogens with zero attached hydrogens (tertiary/aromatic N) is 3. The second-order valence-electron chi connectivity index (χ2n) is 9.72. The van der Waals surface area contributed by atoms with Gasteiger partial charge in [0.05, 0.1) is 5.69 Å². The fraction of sp³-hybridized carbons (Fsp3) is 0.538. The van der Waals surface area contributed by atoms with Crippen LogP contribution in [0.4, 0.5) is 11.4 Å². The smallest absolute Gasteiger partial charge is 0.253 e. The summed E-state index contributed by atoms with van der Waals surface area (Å²) in [5.41, 5.74) is 5.02. The van der Waals surface area contributed by atoms with Gasteiger partial charge in [-0.25, -0.2) is 0 Å². The molecule has 1 aromatic heterocycles. The largest absolute Gasteiger partial charge is 0.619 e. The van der Waals surface area contributed by atoms with Crippen LogP contribution in [-0.4, -0.2) is 31.7 Å². The maximum atomic E-state index is 13.6. The molecule has 4 rings (SSSR count). The standard InChI is InChI=1S/C26H36N4O2/c1-18(2)20-9-7-10-21(19(3)4)25(20)26(31)27-24-11-8-15-30(24)23-17-29(32)16-12-22(23)28-13-5-6-14-28/h7,9-10,12,16-19,24H,5-6,8,11,13-15H2,1-4H3,(H,27,31). The SMILES string of the molecule is CC(C)c1cccc(C(C)C)c1C(=O)NC1CCCN1c1c[n+]([O-])ccc1N1CCCC1. The Labute approximate surface area is 191 Å². The normalized spacial score (nSPS) is 18.8. The Balaban J connectivity index is 1.64. The maximum absolute atomic E-state index is 13.6. The first kappa shape index (κ1) is 22.4. The first-order chi connectivity index (χ1) is 15.4. The van der Waals surface area contributed by atoms with E-state index in [4.69, 9.17) is 0 Å². The Kier molecular flexibility index (Phi) is 6.58. The molecular formula is C26H36N4O2. The van der Waals surface area contributed by atoms with E-state index in [0.717, 1.165) is 65.3 Å². The Morgan fingerprint density at radius 1 is 1.00 bits per heavy atom. The maximum Gasteiger partial charge on any atom is 0.253 e. The molecule has 2 aliphatic rings. The predicted molar refractivity (Wildman–Crippen MR) is 129 cm³/mol. The Morgan fingerprint density at radius 3 is 2.28 bits per heavy atom. The van der Waals surface area contributed by atoms with Gasteiger partial charge in [-0.1, -0.05) is 45.9 Å². The second-order valence-corrected chi connectivity index (χ2v) is 9.72. The van der Waals surface area contributed by atoms with E-state index in [0.29, 0.717) is 0 Å². The lowest BCUT2D eigenvalue weighted by Gasteiger charge is -2.31. The van der Waals surface area contributed by atoms with Crippen LogP contribution in [0.3, 0.4) is 0 Å². The highest BCUT2D eigenvalue weighted by Gasteiger charge is 2.32. The topological polar surface area (TPSA) is 62.5 Å². The van der Waals surface area contributed by atoms with Gasteiger partial charge in [-0.05, 0) is 48.6 Å². The van der Waals surface area contributed by atoms with Gasteiger partial charge in [0.15, 0.2) is 6.20 Å². The van der Waals surface area contributed by atoms with Gasteiger partial charge in [-0.3, -0.25) is 4.79 Å². The van der Waals surface area contributed by atoms with E-state index in [-0.39, 0.29) is 23.9 Å². The molecule has 2 aromatic rings. The summed E-state index contributed by atoms with van der Waals surface area (Å²) in [6, 6.07) is 8.13. The highest BCUT2D eigenvalue weighted by Crippen LogP contribution is 2.35. The molecule has 1 atom stereocenters. The van der Waals surface area contributed by atoms with Crippen LogP contribution in [0.25, 0.3) is 0 Å². The molecule has 32 heavy (non-hydrogen) atoms. The molecule has 1 unspecified atom stereocenters. The number of nitrogens with one attached hydrogen (secondary N) is 1. The van der Waals surface area contributed by atoms with Crippen molar-refractivity contribution in [1.29, 1.82) is 0 Å². The van der Waals surface area contributed by atoms with E-state index < -0.39 is 0 Å². The number of hydrogen-bond donors (Lipinski definition) is 1. The molecule has 0 spiro atoms. The van der Waals surface area contributed by atoms with Crippen LogP contribution >= 0.6 is 0 Å². The van der Waals surface area contributed by atoms with E-state index in [1.165, 1.54) is 12.8 Å². The molecule has 1 amide bonds. The number of carbonyl (C=O) groups excluding carboxylic acids is 1. The van der Waals surface area contributed by atoms with Crippen molar-refractivity contribution in [2.75, 3.05) is 29.4 Å². The fourth-order valence-corrected chi connectivity index (χ4v) is 5.15. The summed E-state index contributed by atoms with van der Waals surface area (Å²) >= 11 is 0. The van der Waals surface area contributed by atoms with E-state index >= 15 is 0 Å². The molecule has 172 valence electrons. The molecule has 0 radical (unpaired) electrons. The van der Waals surface area contributed by atoms with Crippen molar-refractivity contribution in [3.05, 3.63) is 58.6 Å². The number of aromatic nitrogens is 1. The van der Waals surface area contributed by atoms with Gasteiger partial charge in [-0.15, -0.1) is 0 Å². The van der Waals surface area contributed by atoms with Crippen LogP contribution in [-0.2, 0) is 0 Å². The van der Waals surface area contributed by atoms with Gasteiger partial charge in [0, 0.05) is 31.3 Å². The minimum absolute atomic E-state index is 0.0106. The molecule has 0 saturated carbocycles. The third-order valence-electron chi connectivity index (χ3n) is 6.80. The monoisotopic (exact) mass is 436 g/mol. The van der Waals surface area contributed by atoms with Gasteiger partial charge in [-0.2, -0.15) is 4.73 Å². The third kappa shape index (κ3) is 4.41. The molecule has 6 nitrogen and oxygen atoms in total. The van der Waals surface area contributed by atoms with E-state index in [2.05, 4.69) is 61.0 Å². The highest BCUT2D eigenvalue weighted by molar-refractivity contribution is 5.98. The van der Waals surface area contributed by atoms with E-state index in [1.807, 2.05) is 6.07 Å². The van der Waals surface area contributed by atoms with Crippen LogP contribution in [0.15, 0.2) is 36.7 Å². The molecule has 1 N–H and O–H groups in total. The number of anilines is 2. The fourth-order valence-electron chi connectivity index (χ4n) is 5.15. The minimum atomic E-state index is -0.119. The van der Waals surface area contributed by atoms with Crippen molar-refractivity contribution in [1.82, 2.24) is 5.32 Å². The number of amides is 1. The summed E-state index contributed by atoms with van der Waals surface area (Å²) < 4.78 is 0.872. The van der Waals surface area contributed by atoms with Crippen molar-refractivity contribution >= 4 is 17.3 Å². The summed E-state index contributed by atoms with van der Waals surface area (Å²) in [7, 11) is 0. The number of benzene rings is 1. The van der Waals surface area contributed by atoms with E-state index in [9.17, 15) is 10.0 Å². The lowest BCUT2D eigenvalue weighted by atomic mass is 9.88. The molecule has 3 heterocycles. The molecule has 1 aromatic carbocycles. The van der Waals surface area contributed by atoms with Crippen LogP contribution in [0.1, 0.15) is 86.7 Å². The summed E-state index contributed by atoms with van der Waals surface area (Å²) in [5, 5.41) is 15.5. The molecule has 0 bridgehead atoms. The van der Waals surface area contributed by atoms with Gasteiger partial charge in [0.1, 0.15) is 11.9 Å². The first-order valence-electron chi connectivity index (χ1n) is 12.0. The molecular weight excluding hydrogens is 400 g/mol. The number of rotatable bonds is 6. The summed E-state index contributed by atoms with van der Waals surface area (Å²) in [6.07, 6.45) is 7.34. The Morgan fingerprint density at radius 2 is 1.66 bits per heavy atom. The molecule has 2 saturated heterocycles. The van der Waals surface area contributed by atoms with Crippen molar-refractivity contribution < 1.29 is 9.52 Å². The lowest BCUT2D eigenvalue weighted by molar-refractivity contribution is -0.604. The van der Waals surface area contributed by atoms with Gasteiger partial charge >= 0.3 is 0 Å². The summed E-state index contributed by atoms with van der Waals surface area (Å²) in [5.74, 6) is 0.525. The van der Waals surface area contributed by atoms with Crippen LogP contribution in [0, 0.1) is 5.21 Å². The van der Waals surface area contributed by atoms with Crippen LogP contribution in [0.5, 0.6) is 0 Å². The zero-order valence-corrected chi connectivity index (χ0v) is 19.8. The molecule has 0 aliphatic carbocycles. The Bertz CT molecular complexity index is 940. The van der Waals surface area contributed by atoms with Crippen LogP contribution < -0.4 is 19.8 Å². The third-order valence-corrected chi connectivity index (χ3v) is 6.80. The van der Waals surface area contributed by atoms with Crippen molar-refractivity contribution in [3.8, 4) is 0 Å². The minimum Gasteiger partial charge on any atom is -0.619 e. The first-order valence-corrected chi connectivity index (χ1v) is 12.0. The van der Waals surface area contributed by atoms with Gasteiger partial charge in [0.2, 0.25) is 6.20 Å². The molecule has 2 aliphatic heterocycles. The highest BCUT2D eigenvalue weighted by atomic mass is 16.5. The average Bonchev–Trinajstić information content (AvgIpc) is 3.45. The van der Waals surface area contributed by atoms with Crippen molar-refractivity contribution in [2.24, 2.45) is 0 Å². The number of pyridine rings is 1. The van der Waals surface area contributed by atoms with Gasteiger partial charge < -0.3 is 20.3 Å². The summed E-state index contributed by atoms with van der Waals surface area (Å²) in [6.45, 7) is 11.4. The lowest BCUT2D eigenvalue weighted by Crippen LogP contribution is -2.46. The van der Waals surface area contributed by atoms with Crippen molar-refractivity contribution in [2.45, 2.75) is 71.4 Å². The zero-order chi connectivity index (χ0) is 22.8. The summed E-state index contributed by atoms with van der Waals surface area (Å²) in [4.78, 5) is 18.2.